The molecule has 2 aliphatic heterocycles. The molecule has 0 aromatic carbocycles. The van der Waals surface area contributed by atoms with Gasteiger partial charge in [0, 0.05) is 15.5 Å². The third kappa shape index (κ3) is 1.47. The van der Waals surface area contributed by atoms with Crippen molar-refractivity contribution >= 4 is 46.0 Å². The summed E-state index contributed by atoms with van der Waals surface area (Å²) in [4.78, 5) is 22.0. The maximum Gasteiger partial charge on any atom is 0.281 e. The van der Waals surface area contributed by atoms with Gasteiger partial charge in [0.1, 0.15) is 11.4 Å². The second-order valence-electron chi connectivity index (χ2n) is 3.54. The van der Waals surface area contributed by atoms with E-state index in [1.165, 1.54) is 11.2 Å². The number of amides is 1. The van der Waals surface area contributed by atoms with Crippen molar-refractivity contribution < 1.29 is 4.79 Å². The lowest BCUT2D eigenvalue weighted by Gasteiger charge is -2.03. The van der Waals surface area contributed by atoms with E-state index in [1.54, 1.807) is 23.1 Å². The van der Waals surface area contributed by atoms with Gasteiger partial charge in [0.25, 0.3) is 5.91 Å². The monoisotopic (exact) mass is 248 g/mol. The lowest BCUT2D eigenvalue weighted by molar-refractivity contribution is -0.113. The van der Waals surface area contributed by atoms with E-state index >= 15 is 0 Å². The molecule has 80 valence electrons. The Morgan fingerprint density at radius 3 is 3.00 bits per heavy atom. The predicted molar refractivity (Wildman–Crippen MR) is 69.4 cm³/mol. The van der Waals surface area contributed by atoms with E-state index in [-0.39, 0.29) is 5.91 Å². The van der Waals surface area contributed by atoms with Crippen molar-refractivity contribution in [1.29, 1.82) is 0 Å². The van der Waals surface area contributed by atoms with Crippen LogP contribution in [0.15, 0.2) is 27.7 Å². The summed E-state index contributed by atoms with van der Waals surface area (Å²) in [5.74, 6) is 0.666. The molecule has 0 radical (unpaired) electrons. The predicted octanol–water partition coefficient (Wildman–Crippen LogP) is 2.52. The molecule has 5 heteroatoms. The second-order valence-corrected chi connectivity index (χ2v) is 5.79. The van der Waals surface area contributed by atoms with E-state index in [1.807, 2.05) is 0 Å². The molecular weight excluding hydrogens is 240 g/mol. The highest BCUT2D eigenvalue weighted by Gasteiger charge is 2.30. The van der Waals surface area contributed by atoms with Crippen molar-refractivity contribution in [2.75, 3.05) is 5.75 Å². The van der Waals surface area contributed by atoms with Crippen LogP contribution in [0.5, 0.6) is 0 Å². The summed E-state index contributed by atoms with van der Waals surface area (Å²) in [7, 11) is 0. The van der Waals surface area contributed by atoms with Crippen molar-refractivity contribution in [2.45, 2.75) is 6.92 Å². The normalized spacial score (nSPS) is 19.1. The SMILES string of the molecule is Cc1ccc(C2=C3C(=O)N=CN=C3SC2)s1. The van der Waals surface area contributed by atoms with Gasteiger partial charge in [0.15, 0.2) is 0 Å². The zero-order valence-corrected chi connectivity index (χ0v) is 10.2. The van der Waals surface area contributed by atoms with Gasteiger partial charge in [-0.15, -0.1) is 23.1 Å². The summed E-state index contributed by atoms with van der Waals surface area (Å²) in [6.45, 7) is 2.07. The molecular formula is C11H8N2OS2. The minimum absolute atomic E-state index is 0.156. The Hall–Kier alpha value is -1.20. The Bertz CT molecular complexity index is 566. The Kier molecular flexibility index (Phi) is 2.29. The van der Waals surface area contributed by atoms with Gasteiger partial charge >= 0.3 is 0 Å². The van der Waals surface area contributed by atoms with Crippen LogP contribution in [0.2, 0.25) is 0 Å². The highest BCUT2D eigenvalue weighted by Crippen LogP contribution is 2.38. The molecule has 1 aromatic heterocycles. The third-order valence-electron chi connectivity index (χ3n) is 2.47. The molecule has 0 atom stereocenters. The van der Waals surface area contributed by atoms with Crippen LogP contribution in [0.25, 0.3) is 5.57 Å². The van der Waals surface area contributed by atoms with Crippen LogP contribution in [0.4, 0.5) is 0 Å². The Labute approximate surface area is 101 Å². The molecule has 0 unspecified atom stereocenters. The number of fused-ring (bicyclic) bond motifs is 1. The molecule has 0 aliphatic carbocycles. The summed E-state index contributed by atoms with van der Waals surface area (Å²) in [6.07, 6.45) is 1.34. The number of rotatable bonds is 1. The van der Waals surface area contributed by atoms with Crippen LogP contribution in [0.3, 0.4) is 0 Å². The first-order chi connectivity index (χ1) is 7.75. The number of thiophene rings is 1. The minimum Gasteiger partial charge on any atom is -0.267 e. The molecule has 2 aliphatic rings. The van der Waals surface area contributed by atoms with Crippen LogP contribution < -0.4 is 0 Å². The number of carbonyl (C=O) groups is 1. The highest BCUT2D eigenvalue weighted by atomic mass is 32.2. The first-order valence-corrected chi connectivity index (χ1v) is 6.64. The van der Waals surface area contributed by atoms with Gasteiger partial charge in [-0.1, -0.05) is 0 Å². The molecule has 1 amide bonds. The van der Waals surface area contributed by atoms with Gasteiger partial charge in [-0.2, -0.15) is 4.99 Å². The van der Waals surface area contributed by atoms with Crippen LogP contribution in [0, 0.1) is 6.92 Å². The summed E-state index contributed by atoms with van der Waals surface area (Å²) in [5.41, 5.74) is 1.79. The summed E-state index contributed by atoms with van der Waals surface area (Å²) >= 11 is 3.33. The molecule has 0 saturated carbocycles. The van der Waals surface area contributed by atoms with Crippen LogP contribution >= 0.6 is 23.1 Å². The molecule has 0 bridgehead atoms. The van der Waals surface area contributed by atoms with E-state index < -0.39 is 0 Å². The molecule has 3 nitrogen and oxygen atoms in total. The molecule has 16 heavy (non-hydrogen) atoms. The second kappa shape index (κ2) is 3.68. The van der Waals surface area contributed by atoms with Gasteiger partial charge in [0.2, 0.25) is 0 Å². The van der Waals surface area contributed by atoms with Crippen molar-refractivity contribution in [2.24, 2.45) is 9.98 Å². The Balaban J connectivity index is 2.15. The lowest BCUT2D eigenvalue weighted by atomic mass is 10.1. The number of aryl methyl sites for hydroxylation is 1. The van der Waals surface area contributed by atoms with E-state index in [2.05, 4.69) is 29.0 Å². The number of thioether (sulfide) groups is 1. The maximum atomic E-state index is 11.7. The average Bonchev–Trinajstić information content (AvgIpc) is 2.84. The van der Waals surface area contributed by atoms with Crippen molar-refractivity contribution in [3.05, 3.63) is 27.5 Å². The van der Waals surface area contributed by atoms with E-state index in [4.69, 9.17) is 0 Å². The fourth-order valence-corrected chi connectivity index (χ4v) is 3.79. The maximum absolute atomic E-state index is 11.7. The minimum atomic E-state index is -0.156. The number of carbonyl (C=O) groups excluding carboxylic acids is 1. The number of hydrogen-bond donors (Lipinski definition) is 0. The molecule has 0 spiro atoms. The van der Waals surface area contributed by atoms with Gasteiger partial charge < -0.3 is 0 Å². The number of aliphatic imine (C=N–C) groups is 2. The Morgan fingerprint density at radius 1 is 1.38 bits per heavy atom. The summed E-state index contributed by atoms with van der Waals surface area (Å²) in [6, 6.07) is 4.14. The molecule has 0 fully saturated rings. The first kappa shape index (κ1) is 9.99. The molecule has 3 heterocycles. The zero-order chi connectivity index (χ0) is 11.1. The fourth-order valence-electron chi connectivity index (χ4n) is 1.73. The highest BCUT2D eigenvalue weighted by molar-refractivity contribution is 8.15. The van der Waals surface area contributed by atoms with Crippen LogP contribution in [-0.4, -0.2) is 23.0 Å². The zero-order valence-electron chi connectivity index (χ0n) is 8.56. The Morgan fingerprint density at radius 2 is 2.25 bits per heavy atom. The fraction of sp³-hybridized carbons (Fsp3) is 0.182. The van der Waals surface area contributed by atoms with Crippen molar-refractivity contribution in [1.82, 2.24) is 0 Å². The van der Waals surface area contributed by atoms with E-state index in [0.717, 1.165) is 21.2 Å². The molecule has 1 aromatic rings. The topological polar surface area (TPSA) is 41.8 Å². The standard InChI is InChI=1S/C11H8N2OS2/c1-6-2-3-8(16-6)7-4-15-11-9(7)10(14)12-5-13-11/h2-3,5H,4H2,1H3. The van der Waals surface area contributed by atoms with E-state index in [0.29, 0.717) is 5.57 Å². The van der Waals surface area contributed by atoms with Gasteiger partial charge in [0.05, 0.1) is 5.57 Å². The largest absolute Gasteiger partial charge is 0.281 e. The molecule has 3 rings (SSSR count). The van der Waals surface area contributed by atoms with E-state index in [9.17, 15) is 4.79 Å². The van der Waals surface area contributed by atoms with Crippen LogP contribution in [-0.2, 0) is 4.79 Å². The quantitative estimate of drug-likeness (QED) is 0.766. The smallest absolute Gasteiger partial charge is 0.267 e. The summed E-state index contributed by atoms with van der Waals surface area (Å²) in [5, 5.41) is 0.820. The van der Waals surface area contributed by atoms with Crippen molar-refractivity contribution in [3.8, 4) is 0 Å². The molecule has 0 N–H and O–H groups in total. The summed E-state index contributed by atoms with van der Waals surface area (Å²) < 4.78 is 0. The number of hydrogen-bond acceptors (Lipinski definition) is 4. The van der Waals surface area contributed by atoms with Gasteiger partial charge in [-0.3, -0.25) is 4.79 Å². The van der Waals surface area contributed by atoms with Crippen LogP contribution in [0.1, 0.15) is 9.75 Å². The average molecular weight is 248 g/mol. The number of nitrogens with zero attached hydrogens (tertiary/aromatic N) is 2. The molecule has 0 saturated heterocycles. The van der Waals surface area contributed by atoms with Crippen molar-refractivity contribution in [3.63, 3.8) is 0 Å². The first-order valence-electron chi connectivity index (χ1n) is 4.83. The van der Waals surface area contributed by atoms with Gasteiger partial charge in [-0.25, -0.2) is 4.99 Å². The lowest BCUT2D eigenvalue weighted by Crippen LogP contribution is -2.10. The van der Waals surface area contributed by atoms with Gasteiger partial charge in [-0.05, 0) is 24.6 Å². The third-order valence-corrected chi connectivity index (χ3v) is 4.55.